The summed E-state index contributed by atoms with van der Waals surface area (Å²) in [6, 6.07) is 0.867. The lowest BCUT2D eigenvalue weighted by Gasteiger charge is -2.34. The van der Waals surface area contributed by atoms with Crippen molar-refractivity contribution >= 4 is 0 Å². The topological polar surface area (TPSA) is 12.0 Å². The van der Waals surface area contributed by atoms with E-state index in [2.05, 4.69) is 26.1 Å². The lowest BCUT2D eigenvalue weighted by molar-refractivity contribution is 0.203. The molecule has 1 aliphatic rings. The average Bonchev–Trinajstić information content (AvgIpc) is 3.33. The first-order valence-electron chi connectivity index (χ1n) is 9.99. The fourth-order valence-electron chi connectivity index (χ4n) is 3.44. The Balaban J connectivity index is 2.22. The summed E-state index contributed by atoms with van der Waals surface area (Å²) in [6.45, 7) is 8.34. The summed E-state index contributed by atoms with van der Waals surface area (Å²) in [6.07, 6.45) is 19.9. The van der Waals surface area contributed by atoms with Gasteiger partial charge in [-0.3, -0.25) is 0 Å². The standard InChI is InChI=1S/C20H41N/c1-4-7-9-10-11-12-13-17-20(6-3,16-8-5-2)18-21-19-14-15-19/h19,21H,4-18H2,1-3H3. The predicted molar refractivity (Wildman–Crippen MR) is 95.9 cm³/mol. The minimum Gasteiger partial charge on any atom is -0.313 e. The van der Waals surface area contributed by atoms with Gasteiger partial charge in [0.25, 0.3) is 0 Å². The lowest BCUT2D eigenvalue weighted by atomic mass is 9.75. The predicted octanol–water partition coefficient (Wildman–Crippen LogP) is 6.47. The van der Waals surface area contributed by atoms with E-state index in [0.717, 1.165) is 6.04 Å². The average molecular weight is 296 g/mol. The Bertz CT molecular complexity index is 234. The molecule has 0 aliphatic heterocycles. The molecule has 1 aliphatic carbocycles. The van der Waals surface area contributed by atoms with Crippen LogP contribution in [0.15, 0.2) is 0 Å². The fraction of sp³-hybridized carbons (Fsp3) is 1.00. The number of nitrogens with one attached hydrogen (secondary N) is 1. The second-order valence-electron chi connectivity index (χ2n) is 7.48. The van der Waals surface area contributed by atoms with E-state index < -0.39 is 0 Å². The van der Waals surface area contributed by atoms with Gasteiger partial charge in [0.15, 0.2) is 0 Å². The zero-order valence-corrected chi connectivity index (χ0v) is 15.2. The minimum absolute atomic E-state index is 0.599. The third-order valence-corrected chi connectivity index (χ3v) is 5.46. The summed E-state index contributed by atoms with van der Waals surface area (Å²) < 4.78 is 0. The quantitative estimate of drug-likeness (QED) is 0.342. The molecule has 1 unspecified atom stereocenters. The summed E-state index contributed by atoms with van der Waals surface area (Å²) in [7, 11) is 0. The molecule has 0 spiro atoms. The molecule has 126 valence electrons. The molecule has 1 rings (SSSR count). The Morgan fingerprint density at radius 2 is 1.33 bits per heavy atom. The molecule has 0 heterocycles. The van der Waals surface area contributed by atoms with Crippen LogP contribution in [0.1, 0.15) is 111 Å². The highest BCUT2D eigenvalue weighted by molar-refractivity contribution is 4.87. The fourth-order valence-corrected chi connectivity index (χ4v) is 3.44. The third-order valence-electron chi connectivity index (χ3n) is 5.46. The van der Waals surface area contributed by atoms with Crippen molar-refractivity contribution in [2.45, 2.75) is 117 Å². The van der Waals surface area contributed by atoms with Gasteiger partial charge in [-0.15, -0.1) is 0 Å². The smallest absolute Gasteiger partial charge is 0.00684 e. The zero-order chi connectivity index (χ0) is 15.4. The molecule has 0 aromatic rings. The maximum Gasteiger partial charge on any atom is 0.00684 e. The van der Waals surface area contributed by atoms with Crippen LogP contribution in [0.4, 0.5) is 0 Å². The van der Waals surface area contributed by atoms with Crippen LogP contribution in [0.5, 0.6) is 0 Å². The van der Waals surface area contributed by atoms with E-state index in [1.165, 1.54) is 96.4 Å². The van der Waals surface area contributed by atoms with Gasteiger partial charge in [0.1, 0.15) is 0 Å². The molecular formula is C20H41N. The largest absolute Gasteiger partial charge is 0.313 e. The Hall–Kier alpha value is -0.0400. The molecule has 1 nitrogen and oxygen atoms in total. The highest BCUT2D eigenvalue weighted by atomic mass is 15.0. The van der Waals surface area contributed by atoms with Gasteiger partial charge in [0, 0.05) is 12.6 Å². The van der Waals surface area contributed by atoms with Crippen LogP contribution in [0.2, 0.25) is 0 Å². The van der Waals surface area contributed by atoms with Gasteiger partial charge < -0.3 is 5.32 Å². The zero-order valence-electron chi connectivity index (χ0n) is 15.2. The van der Waals surface area contributed by atoms with E-state index in [9.17, 15) is 0 Å². The van der Waals surface area contributed by atoms with Gasteiger partial charge >= 0.3 is 0 Å². The highest BCUT2D eigenvalue weighted by Gasteiger charge is 2.30. The van der Waals surface area contributed by atoms with Crippen LogP contribution in [0.25, 0.3) is 0 Å². The molecule has 1 heteroatoms. The van der Waals surface area contributed by atoms with Gasteiger partial charge in [-0.1, -0.05) is 78.6 Å². The van der Waals surface area contributed by atoms with E-state index in [4.69, 9.17) is 0 Å². The number of hydrogen-bond acceptors (Lipinski definition) is 1. The van der Waals surface area contributed by atoms with Gasteiger partial charge in [0.2, 0.25) is 0 Å². The molecule has 0 radical (unpaired) electrons. The van der Waals surface area contributed by atoms with E-state index in [0.29, 0.717) is 5.41 Å². The first kappa shape index (κ1) is 19.0. The van der Waals surface area contributed by atoms with E-state index in [1.54, 1.807) is 0 Å². The Labute approximate surface area is 134 Å². The van der Waals surface area contributed by atoms with Gasteiger partial charge in [-0.25, -0.2) is 0 Å². The van der Waals surface area contributed by atoms with Crippen LogP contribution in [-0.2, 0) is 0 Å². The summed E-state index contributed by atoms with van der Waals surface area (Å²) >= 11 is 0. The van der Waals surface area contributed by atoms with Crippen molar-refractivity contribution in [2.24, 2.45) is 5.41 Å². The van der Waals surface area contributed by atoms with Crippen molar-refractivity contribution in [2.75, 3.05) is 6.54 Å². The van der Waals surface area contributed by atoms with Crippen LogP contribution < -0.4 is 5.32 Å². The Morgan fingerprint density at radius 3 is 1.90 bits per heavy atom. The molecule has 0 aromatic heterocycles. The normalized spacial score (nSPS) is 17.9. The third kappa shape index (κ3) is 8.86. The molecule has 0 bridgehead atoms. The van der Waals surface area contributed by atoms with Crippen molar-refractivity contribution < 1.29 is 0 Å². The molecule has 0 amide bonds. The molecule has 0 aromatic carbocycles. The van der Waals surface area contributed by atoms with Crippen molar-refractivity contribution in [3.8, 4) is 0 Å². The maximum absolute atomic E-state index is 3.83. The molecule has 1 N–H and O–H groups in total. The van der Waals surface area contributed by atoms with Crippen LogP contribution in [0, 0.1) is 5.41 Å². The molecule has 0 saturated heterocycles. The van der Waals surface area contributed by atoms with Gasteiger partial charge in [-0.05, 0) is 37.5 Å². The van der Waals surface area contributed by atoms with Crippen LogP contribution >= 0.6 is 0 Å². The molecule has 1 fully saturated rings. The monoisotopic (exact) mass is 295 g/mol. The van der Waals surface area contributed by atoms with Crippen molar-refractivity contribution in [3.63, 3.8) is 0 Å². The summed E-state index contributed by atoms with van der Waals surface area (Å²) in [5, 5.41) is 3.83. The molecule has 1 atom stereocenters. The van der Waals surface area contributed by atoms with Gasteiger partial charge in [0.05, 0.1) is 0 Å². The van der Waals surface area contributed by atoms with E-state index in [1.807, 2.05) is 0 Å². The van der Waals surface area contributed by atoms with Crippen LogP contribution in [0.3, 0.4) is 0 Å². The lowest BCUT2D eigenvalue weighted by Crippen LogP contribution is -2.35. The van der Waals surface area contributed by atoms with Crippen LogP contribution in [-0.4, -0.2) is 12.6 Å². The summed E-state index contributed by atoms with van der Waals surface area (Å²) in [5.74, 6) is 0. The Morgan fingerprint density at radius 1 is 0.762 bits per heavy atom. The molecule has 1 saturated carbocycles. The second-order valence-corrected chi connectivity index (χ2v) is 7.48. The second kappa shape index (κ2) is 11.5. The van der Waals surface area contributed by atoms with Gasteiger partial charge in [-0.2, -0.15) is 0 Å². The highest BCUT2D eigenvalue weighted by Crippen LogP contribution is 2.35. The van der Waals surface area contributed by atoms with E-state index >= 15 is 0 Å². The first-order valence-corrected chi connectivity index (χ1v) is 9.99. The Kier molecular flexibility index (Phi) is 10.4. The molecule has 21 heavy (non-hydrogen) atoms. The number of unbranched alkanes of at least 4 members (excludes halogenated alkanes) is 7. The van der Waals surface area contributed by atoms with E-state index in [-0.39, 0.29) is 0 Å². The number of hydrogen-bond donors (Lipinski definition) is 1. The van der Waals surface area contributed by atoms with Crippen molar-refractivity contribution in [1.82, 2.24) is 5.32 Å². The maximum atomic E-state index is 3.83. The minimum atomic E-state index is 0.599. The number of rotatable bonds is 15. The first-order chi connectivity index (χ1) is 10.3. The summed E-state index contributed by atoms with van der Waals surface area (Å²) in [5.41, 5.74) is 0.599. The SMILES string of the molecule is CCCCCCCCCC(CC)(CCCC)CNC1CC1. The molecular weight excluding hydrogens is 254 g/mol. The van der Waals surface area contributed by atoms with Crippen molar-refractivity contribution in [1.29, 1.82) is 0 Å². The summed E-state index contributed by atoms with van der Waals surface area (Å²) in [4.78, 5) is 0. The van der Waals surface area contributed by atoms with Crippen molar-refractivity contribution in [3.05, 3.63) is 0 Å².